The van der Waals surface area contributed by atoms with Crippen LogP contribution in [-0.4, -0.2) is 13.2 Å². The van der Waals surface area contributed by atoms with Crippen LogP contribution in [0.1, 0.15) is 194 Å². The molecule has 0 spiro atoms. The van der Waals surface area contributed by atoms with Gasteiger partial charge in [-0.3, -0.25) is 0 Å². The van der Waals surface area contributed by atoms with Gasteiger partial charge in [-0.25, -0.2) is 0 Å². The number of unbranched alkanes of at least 4 members (excludes halogenated alkanes) is 26. The minimum absolute atomic E-state index is 0. The van der Waals surface area contributed by atoms with E-state index in [9.17, 15) is 0 Å². The quantitative estimate of drug-likeness (QED) is 0.0699. The van der Waals surface area contributed by atoms with Crippen LogP contribution in [-0.2, 0) is 4.74 Å². The van der Waals surface area contributed by atoms with Crippen LogP contribution in [0, 0.1) is 0 Å². The van der Waals surface area contributed by atoms with E-state index < -0.39 is 0 Å². The first-order valence-electron chi connectivity index (χ1n) is 16.0. The molecule has 0 saturated heterocycles. The Bertz CT molecular complexity index is 290. The van der Waals surface area contributed by atoms with Gasteiger partial charge in [-0.05, 0) is 12.8 Å². The second-order valence-electron chi connectivity index (χ2n) is 10.8. The van der Waals surface area contributed by atoms with Gasteiger partial charge < -0.3 is 4.74 Å². The molecule has 0 unspecified atom stereocenters. The third-order valence-corrected chi connectivity index (χ3v) is 7.28. The third-order valence-electron chi connectivity index (χ3n) is 7.28. The Hall–Kier alpha value is 1.60. The molecule has 0 bridgehead atoms. The summed E-state index contributed by atoms with van der Waals surface area (Å²) in [4.78, 5) is 0. The summed E-state index contributed by atoms with van der Waals surface area (Å²) < 4.78 is 5.85. The van der Waals surface area contributed by atoms with Crippen LogP contribution in [0.4, 0.5) is 0 Å². The summed E-state index contributed by atoms with van der Waals surface area (Å²) >= 11 is 0. The van der Waals surface area contributed by atoms with Crippen molar-refractivity contribution in [1.29, 1.82) is 0 Å². The van der Waals surface area contributed by atoms with Crippen LogP contribution in [0.15, 0.2) is 0 Å². The van der Waals surface area contributed by atoms with Crippen molar-refractivity contribution in [3.8, 4) is 0 Å². The van der Waals surface area contributed by atoms with Gasteiger partial charge in [0.25, 0.3) is 0 Å². The van der Waals surface area contributed by atoms with Crippen molar-refractivity contribution >= 4 is 0 Å². The normalized spacial score (nSPS) is 11.1. The number of rotatable bonds is 30. The molecule has 2 heteroatoms. The number of hydrogen-bond donors (Lipinski definition) is 0. The van der Waals surface area contributed by atoms with Crippen molar-refractivity contribution < 1.29 is 56.1 Å². The van der Waals surface area contributed by atoms with E-state index in [-0.39, 0.29) is 51.4 Å². The summed E-state index contributed by atoms with van der Waals surface area (Å²) in [7, 11) is 0. The van der Waals surface area contributed by atoms with Gasteiger partial charge >= 0.3 is 51.4 Å². The Labute approximate surface area is 260 Å². The molecule has 1 nitrogen and oxygen atoms in total. The first-order chi connectivity index (χ1) is 16.4. The minimum Gasteiger partial charge on any atom is -0.381 e. The van der Waals surface area contributed by atoms with E-state index in [1.54, 1.807) is 0 Å². The van der Waals surface area contributed by atoms with E-state index in [1.807, 2.05) is 0 Å². The van der Waals surface area contributed by atoms with Crippen LogP contribution in [0.5, 0.6) is 0 Å². The molecule has 0 aliphatic heterocycles. The Kier molecular flexibility index (Phi) is 40.8. The Morgan fingerprint density at radius 1 is 0.265 bits per heavy atom. The molecular formula is C32H66KO+. The number of hydrogen-bond acceptors (Lipinski definition) is 1. The predicted octanol–water partition coefficient (Wildman–Crippen LogP) is 8.97. The van der Waals surface area contributed by atoms with Crippen LogP contribution < -0.4 is 51.4 Å². The molecule has 0 radical (unpaired) electrons. The summed E-state index contributed by atoms with van der Waals surface area (Å²) in [6.45, 7) is 6.59. The average Bonchev–Trinajstić information content (AvgIpc) is 2.83. The van der Waals surface area contributed by atoms with Crippen molar-refractivity contribution in [2.24, 2.45) is 0 Å². The predicted molar refractivity (Wildman–Crippen MR) is 151 cm³/mol. The monoisotopic (exact) mass is 505 g/mol. The van der Waals surface area contributed by atoms with E-state index in [0.29, 0.717) is 0 Å². The van der Waals surface area contributed by atoms with Crippen LogP contribution in [0.3, 0.4) is 0 Å². The Balaban J connectivity index is 0. The molecule has 0 heterocycles. The summed E-state index contributed by atoms with van der Waals surface area (Å²) in [5.74, 6) is 0. The number of ether oxygens (including phenoxy) is 1. The van der Waals surface area contributed by atoms with Crippen LogP contribution in [0.25, 0.3) is 0 Å². The fourth-order valence-corrected chi connectivity index (χ4v) is 4.90. The second-order valence-corrected chi connectivity index (χ2v) is 10.8. The topological polar surface area (TPSA) is 9.23 Å². The average molecular weight is 506 g/mol. The van der Waals surface area contributed by atoms with Crippen molar-refractivity contribution in [3.05, 3.63) is 0 Å². The zero-order chi connectivity index (χ0) is 23.9. The molecule has 0 atom stereocenters. The smallest absolute Gasteiger partial charge is 0.381 e. The first kappa shape index (κ1) is 37.7. The maximum Gasteiger partial charge on any atom is 1.00 e. The van der Waals surface area contributed by atoms with Gasteiger partial charge in [0.15, 0.2) is 0 Å². The van der Waals surface area contributed by atoms with Crippen molar-refractivity contribution in [1.82, 2.24) is 0 Å². The van der Waals surface area contributed by atoms with Crippen LogP contribution >= 0.6 is 0 Å². The van der Waals surface area contributed by atoms with E-state index in [1.165, 1.54) is 180 Å². The molecule has 0 amide bonds. The molecule has 200 valence electrons. The zero-order valence-electron chi connectivity index (χ0n) is 24.6. The molecule has 0 saturated carbocycles. The van der Waals surface area contributed by atoms with E-state index in [2.05, 4.69) is 13.8 Å². The van der Waals surface area contributed by atoms with Gasteiger partial charge in [-0.2, -0.15) is 0 Å². The van der Waals surface area contributed by atoms with Crippen molar-refractivity contribution in [2.75, 3.05) is 13.2 Å². The molecule has 0 aliphatic carbocycles. The van der Waals surface area contributed by atoms with Gasteiger partial charge in [-0.1, -0.05) is 181 Å². The Morgan fingerprint density at radius 2 is 0.441 bits per heavy atom. The maximum absolute atomic E-state index is 5.85. The van der Waals surface area contributed by atoms with Crippen molar-refractivity contribution in [2.45, 2.75) is 194 Å². The molecule has 0 rings (SSSR count). The fraction of sp³-hybridized carbons (Fsp3) is 1.00. The maximum atomic E-state index is 5.85. The van der Waals surface area contributed by atoms with Gasteiger partial charge in [0.05, 0.1) is 0 Å². The molecular weight excluding hydrogens is 439 g/mol. The van der Waals surface area contributed by atoms with Gasteiger partial charge in [0.2, 0.25) is 0 Å². The van der Waals surface area contributed by atoms with E-state index >= 15 is 0 Å². The van der Waals surface area contributed by atoms with Gasteiger partial charge in [0.1, 0.15) is 0 Å². The van der Waals surface area contributed by atoms with Gasteiger partial charge in [0, 0.05) is 13.2 Å². The largest absolute Gasteiger partial charge is 1.00 e. The summed E-state index contributed by atoms with van der Waals surface area (Å²) in [5, 5.41) is 0. The first-order valence-corrected chi connectivity index (χ1v) is 16.0. The van der Waals surface area contributed by atoms with E-state index in [0.717, 1.165) is 13.2 Å². The third kappa shape index (κ3) is 35.8. The molecule has 34 heavy (non-hydrogen) atoms. The second kappa shape index (κ2) is 36.8. The molecule has 0 N–H and O–H groups in total. The van der Waals surface area contributed by atoms with Crippen LogP contribution in [0.2, 0.25) is 0 Å². The summed E-state index contributed by atoms with van der Waals surface area (Å²) in [6, 6.07) is 0. The minimum atomic E-state index is 0. The Morgan fingerprint density at radius 3 is 0.647 bits per heavy atom. The zero-order valence-corrected chi connectivity index (χ0v) is 27.7. The summed E-state index contributed by atoms with van der Waals surface area (Å²) in [6.07, 6.45) is 40.1. The molecule has 0 fully saturated rings. The van der Waals surface area contributed by atoms with Crippen molar-refractivity contribution in [3.63, 3.8) is 0 Å². The molecule has 0 aromatic heterocycles. The van der Waals surface area contributed by atoms with Gasteiger partial charge in [-0.15, -0.1) is 0 Å². The summed E-state index contributed by atoms with van der Waals surface area (Å²) in [5.41, 5.74) is 0. The SMILES string of the molecule is CCCCCCCCCCCCCCCCOCCCCCCCCCCCCCCCC.[K+]. The molecule has 0 aromatic rings. The fourth-order valence-electron chi connectivity index (χ4n) is 4.90. The van der Waals surface area contributed by atoms with E-state index in [4.69, 9.17) is 4.74 Å². The molecule has 0 aromatic carbocycles. The molecule has 0 aliphatic rings. The standard InChI is InChI=1S/C32H66O.K/c1-3-5-7-9-11-13-15-17-19-21-23-25-27-29-31-33-32-30-28-26-24-22-20-18-16-14-12-10-8-6-4-2;/h3-32H2,1-2H3;/q;+1.